The first kappa shape index (κ1) is 20.7. The van der Waals surface area contributed by atoms with Crippen LogP contribution in [-0.4, -0.2) is 67.2 Å². The van der Waals surface area contributed by atoms with Gasteiger partial charge >= 0.3 is 6.09 Å². The Kier molecular flexibility index (Phi) is 5.70. The summed E-state index contributed by atoms with van der Waals surface area (Å²) in [6, 6.07) is 8.47. The van der Waals surface area contributed by atoms with E-state index >= 15 is 0 Å². The topological polar surface area (TPSA) is 76.9 Å². The lowest BCUT2D eigenvalue weighted by Crippen LogP contribution is -2.52. The van der Waals surface area contributed by atoms with E-state index in [1.165, 1.54) is 0 Å². The Morgan fingerprint density at radius 2 is 1.90 bits per heavy atom. The second-order valence-electron chi connectivity index (χ2n) is 8.68. The van der Waals surface area contributed by atoms with Gasteiger partial charge in [0.25, 0.3) is 0 Å². The summed E-state index contributed by atoms with van der Waals surface area (Å²) in [5, 5.41) is 9.36. The molecule has 7 heteroatoms. The maximum absolute atomic E-state index is 12.2. The second kappa shape index (κ2) is 8.27. The van der Waals surface area contributed by atoms with E-state index in [0.29, 0.717) is 24.8 Å². The third-order valence-corrected chi connectivity index (χ3v) is 7.09. The van der Waals surface area contributed by atoms with Crippen LogP contribution in [-0.2, 0) is 14.9 Å². The predicted octanol–water partition coefficient (Wildman–Crippen LogP) is 2.88. The molecule has 0 aliphatic carbocycles. The van der Waals surface area contributed by atoms with Crippen LogP contribution in [0, 0.1) is 11.3 Å². The Bertz CT molecular complexity index is 862. The van der Waals surface area contributed by atoms with E-state index in [4.69, 9.17) is 4.74 Å². The third-order valence-electron chi connectivity index (χ3n) is 7.09. The minimum Gasteiger partial charge on any atom is -0.450 e. The van der Waals surface area contributed by atoms with Gasteiger partial charge in [-0.3, -0.25) is 4.79 Å². The van der Waals surface area contributed by atoms with E-state index in [9.17, 15) is 14.9 Å². The lowest BCUT2D eigenvalue weighted by atomic mass is 9.73. The average molecular weight is 411 g/mol. The van der Waals surface area contributed by atoms with Crippen molar-refractivity contribution in [3.05, 3.63) is 29.3 Å². The van der Waals surface area contributed by atoms with Gasteiger partial charge < -0.3 is 19.4 Å². The smallest absolute Gasteiger partial charge is 0.409 e. The van der Waals surface area contributed by atoms with Crippen molar-refractivity contribution in [1.29, 1.82) is 5.26 Å². The van der Waals surface area contributed by atoms with Crippen molar-refractivity contribution in [2.75, 3.05) is 44.2 Å². The van der Waals surface area contributed by atoms with Crippen molar-refractivity contribution in [2.24, 2.45) is 0 Å². The van der Waals surface area contributed by atoms with Crippen LogP contribution in [0.2, 0.25) is 0 Å². The van der Waals surface area contributed by atoms with Crippen LogP contribution in [0.5, 0.6) is 0 Å². The molecule has 0 saturated carbocycles. The number of ether oxygens (including phenoxy) is 1. The predicted molar refractivity (Wildman–Crippen MR) is 113 cm³/mol. The second-order valence-corrected chi connectivity index (χ2v) is 8.68. The zero-order chi connectivity index (χ0) is 21.3. The maximum Gasteiger partial charge on any atom is 0.409 e. The Morgan fingerprint density at radius 3 is 2.50 bits per heavy atom. The van der Waals surface area contributed by atoms with Gasteiger partial charge in [-0.05, 0) is 69.5 Å². The van der Waals surface area contributed by atoms with Crippen LogP contribution < -0.4 is 4.90 Å². The molecule has 1 aromatic rings. The highest BCUT2D eigenvalue weighted by molar-refractivity contribution is 5.95. The number of nitrogens with zero attached hydrogens (tertiary/aromatic N) is 4. The van der Waals surface area contributed by atoms with Crippen molar-refractivity contribution in [2.45, 2.75) is 51.0 Å². The maximum atomic E-state index is 12.2. The van der Waals surface area contributed by atoms with Gasteiger partial charge in [0.1, 0.15) is 0 Å². The molecule has 0 atom stereocenters. The van der Waals surface area contributed by atoms with Crippen LogP contribution in [0.15, 0.2) is 18.2 Å². The van der Waals surface area contributed by atoms with Crippen molar-refractivity contribution >= 4 is 17.7 Å². The fourth-order valence-corrected chi connectivity index (χ4v) is 5.39. The highest BCUT2D eigenvalue weighted by atomic mass is 16.6. The number of rotatable bonds is 2. The quantitative estimate of drug-likeness (QED) is 0.749. The molecule has 30 heavy (non-hydrogen) atoms. The molecule has 3 aliphatic heterocycles. The van der Waals surface area contributed by atoms with Crippen LogP contribution in [0.1, 0.15) is 50.7 Å². The number of carbonyl (C=O) groups is 2. The molecule has 3 aliphatic rings. The Morgan fingerprint density at radius 1 is 1.20 bits per heavy atom. The molecule has 1 aromatic carbocycles. The monoisotopic (exact) mass is 410 g/mol. The Hall–Kier alpha value is -2.59. The molecule has 2 fully saturated rings. The van der Waals surface area contributed by atoms with Gasteiger partial charge in [0.2, 0.25) is 5.91 Å². The highest BCUT2D eigenvalue weighted by Crippen LogP contribution is 2.47. The molecular weight excluding hydrogens is 380 g/mol. The number of hydrogen-bond donors (Lipinski definition) is 0. The first-order chi connectivity index (χ1) is 14.5. The van der Waals surface area contributed by atoms with Crippen LogP contribution in [0.4, 0.5) is 10.5 Å². The van der Waals surface area contributed by atoms with Gasteiger partial charge in [-0.2, -0.15) is 5.26 Å². The van der Waals surface area contributed by atoms with E-state index in [1.54, 1.807) is 13.0 Å². The molecule has 2 saturated heterocycles. The van der Waals surface area contributed by atoms with Crippen molar-refractivity contribution in [1.82, 2.24) is 9.80 Å². The zero-order valence-electron chi connectivity index (χ0n) is 17.9. The molecule has 0 aromatic heterocycles. The van der Waals surface area contributed by atoms with Gasteiger partial charge in [0.05, 0.1) is 18.2 Å². The minimum atomic E-state index is -0.200. The molecular formula is C23H30N4O3. The number of nitriles is 1. The van der Waals surface area contributed by atoms with E-state index in [0.717, 1.165) is 63.1 Å². The van der Waals surface area contributed by atoms with Crippen molar-refractivity contribution < 1.29 is 14.3 Å². The standard InChI is InChI=1S/C23H30N4O3/c1-3-30-22(29)26-10-6-19(7-11-26)25-12-8-23(9-13-25)16-27(17(2)28)21-5-4-18(15-24)14-20(21)23/h4-5,14,19H,3,6-13,16H2,1-2H3. The number of likely N-dealkylation sites (tertiary alicyclic amines) is 2. The van der Waals surface area contributed by atoms with Gasteiger partial charge in [0.15, 0.2) is 0 Å². The number of carbonyl (C=O) groups excluding carboxylic acids is 2. The summed E-state index contributed by atoms with van der Waals surface area (Å²) in [5.41, 5.74) is 2.73. The zero-order valence-corrected chi connectivity index (χ0v) is 17.9. The van der Waals surface area contributed by atoms with Crippen LogP contribution >= 0.6 is 0 Å². The summed E-state index contributed by atoms with van der Waals surface area (Å²) in [5.74, 6) is 0.0617. The molecule has 3 heterocycles. The van der Waals surface area contributed by atoms with Crippen molar-refractivity contribution in [3.8, 4) is 6.07 Å². The van der Waals surface area contributed by atoms with Gasteiger partial charge in [-0.25, -0.2) is 4.79 Å². The number of fused-ring (bicyclic) bond motifs is 2. The summed E-state index contributed by atoms with van der Waals surface area (Å²) in [4.78, 5) is 30.4. The molecule has 1 spiro atoms. The fraction of sp³-hybridized carbons (Fsp3) is 0.609. The van der Waals surface area contributed by atoms with Crippen LogP contribution in [0.3, 0.4) is 0 Å². The first-order valence-corrected chi connectivity index (χ1v) is 11.0. The van der Waals surface area contributed by atoms with Gasteiger partial charge in [0, 0.05) is 43.7 Å². The number of amides is 2. The molecule has 4 rings (SSSR count). The highest BCUT2D eigenvalue weighted by Gasteiger charge is 2.46. The van der Waals surface area contributed by atoms with Gasteiger partial charge in [-0.15, -0.1) is 0 Å². The molecule has 0 N–H and O–H groups in total. The molecule has 7 nitrogen and oxygen atoms in total. The molecule has 0 radical (unpaired) electrons. The lowest BCUT2D eigenvalue weighted by Gasteiger charge is -2.45. The van der Waals surface area contributed by atoms with Gasteiger partial charge in [-0.1, -0.05) is 0 Å². The minimum absolute atomic E-state index is 0.0595. The van der Waals surface area contributed by atoms with E-state index in [1.807, 2.05) is 28.9 Å². The SMILES string of the molecule is CCOC(=O)N1CCC(N2CCC3(CC2)CN(C(C)=O)c2ccc(C#N)cc23)CC1. The fourth-order valence-electron chi connectivity index (χ4n) is 5.39. The van der Waals surface area contributed by atoms with E-state index in [-0.39, 0.29) is 17.4 Å². The summed E-state index contributed by atoms with van der Waals surface area (Å²) >= 11 is 0. The molecule has 2 amide bonds. The van der Waals surface area contributed by atoms with E-state index < -0.39 is 0 Å². The third kappa shape index (κ3) is 3.65. The number of benzene rings is 1. The first-order valence-electron chi connectivity index (χ1n) is 11.0. The average Bonchev–Trinajstić information content (AvgIpc) is 3.08. The number of hydrogen-bond acceptors (Lipinski definition) is 5. The summed E-state index contributed by atoms with van der Waals surface area (Å²) in [6.07, 6.45) is 3.71. The summed E-state index contributed by atoms with van der Waals surface area (Å²) < 4.78 is 5.13. The van der Waals surface area contributed by atoms with Crippen LogP contribution in [0.25, 0.3) is 0 Å². The molecule has 0 unspecified atom stereocenters. The number of anilines is 1. The lowest BCUT2D eigenvalue weighted by molar-refractivity contribution is -0.116. The molecule has 160 valence electrons. The molecule has 0 bridgehead atoms. The van der Waals surface area contributed by atoms with Crippen molar-refractivity contribution in [3.63, 3.8) is 0 Å². The normalized spacial score (nSPS) is 21.4. The summed E-state index contributed by atoms with van der Waals surface area (Å²) in [6.45, 7) is 8.03. The number of piperidine rings is 2. The largest absolute Gasteiger partial charge is 0.450 e. The van der Waals surface area contributed by atoms with E-state index in [2.05, 4.69) is 11.0 Å². The Balaban J connectivity index is 1.43. The Labute approximate surface area is 178 Å². The summed E-state index contributed by atoms with van der Waals surface area (Å²) in [7, 11) is 0.